The van der Waals surface area contributed by atoms with Gasteiger partial charge in [-0.3, -0.25) is 20.2 Å². The monoisotopic (exact) mass is 497 g/mol. The Morgan fingerprint density at radius 1 is 1.14 bits per heavy atom. The molecule has 0 saturated carbocycles. The Morgan fingerprint density at radius 3 is 2.73 bits per heavy atom. The van der Waals surface area contributed by atoms with Crippen molar-refractivity contribution in [2.75, 3.05) is 10.6 Å². The van der Waals surface area contributed by atoms with E-state index >= 15 is 0 Å². The molecule has 4 N–H and O–H groups in total. The molecule has 0 aromatic carbocycles. The molecule has 3 aromatic heterocycles. The number of anilines is 2. The number of fused-ring (bicyclic) bond motifs is 3. The van der Waals surface area contributed by atoms with Crippen LogP contribution < -0.4 is 21.5 Å². The molecule has 10 nitrogen and oxygen atoms in total. The van der Waals surface area contributed by atoms with Crippen molar-refractivity contribution in [1.29, 1.82) is 5.26 Å². The molecule has 37 heavy (non-hydrogen) atoms. The third-order valence-corrected chi connectivity index (χ3v) is 7.68. The van der Waals surface area contributed by atoms with Gasteiger partial charge in [0.1, 0.15) is 17.7 Å². The Kier molecular flexibility index (Phi) is 6.32. The molecule has 5 atom stereocenters. The lowest BCUT2D eigenvalue weighted by Crippen LogP contribution is -2.57. The maximum absolute atomic E-state index is 13.5. The van der Waals surface area contributed by atoms with Gasteiger partial charge in [-0.05, 0) is 63.6 Å². The molecule has 0 aliphatic carbocycles. The number of hydrogen-bond acceptors (Lipinski definition) is 9. The van der Waals surface area contributed by atoms with Crippen LogP contribution in [-0.2, 0) is 0 Å². The van der Waals surface area contributed by atoms with Gasteiger partial charge >= 0.3 is 0 Å². The highest BCUT2D eigenvalue weighted by molar-refractivity contribution is 5.95. The Labute approximate surface area is 215 Å². The van der Waals surface area contributed by atoms with Crippen molar-refractivity contribution in [3.8, 4) is 6.07 Å². The quantitative estimate of drug-likeness (QED) is 0.420. The minimum Gasteiger partial charge on any atom is -0.367 e. The summed E-state index contributed by atoms with van der Waals surface area (Å²) in [6.07, 6.45) is 10.7. The number of pyridine rings is 3. The van der Waals surface area contributed by atoms with Gasteiger partial charge < -0.3 is 15.5 Å². The first-order chi connectivity index (χ1) is 18.1. The Bertz CT molecular complexity index is 1340. The summed E-state index contributed by atoms with van der Waals surface area (Å²) < 4.78 is 0. The van der Waals surface area contributed by atoms with Crippen LogP contribution in [0.3, 0.4) is 0 Å². The minimum absolute atomic E-state index is 0.0244. The number of hydrogen-bond donors (Lipinski definition) is 4. The average Bonchev–Trinajstić information content (AvgIpc) is 3.32. The standard InChI is InChI=1S/C27H31N9O/c1-16-8-25(35-34-16)32-24-12-23-22(6-3-7-30-23)26(33-24)31-19-10-20-4-2-5-21(11-19)36(20)27(37)18-9-17(13-28)14-29-15-18/h3,6-7,9,12,14-16,19-21,25,34-35H,2,4-5,8,10-11H2,1H3,(H2,31,32,33)/t16?,19?,20-,21+,25?. The second-order valence-corrected chi connectivity index (χ2v) is 10.4. The summed E-state index contributed by atoms with van der Waals surface area (Å²) in [5.74, 6) is 1.57. The SMILES string of the molecule is CC1CC(Nc2cc3ncccc3c(NC3C[C@H]4CCC[C@@H](C3)N4C(=O)c3cncc(C#N)c3)n2)NN1. The molecule has 6 rings (SSSR count). The lowest BCUT2D eigenvalue weighted by Gasteiger charge is -2.49. The van der Waals surface area contributed by atoms with E-state index in [4.69, 9.17) is 4.98 Å². The fourth-order valence-corrected chi connectivity index (χ4v) is 6.04. The van der Waals surface area contributed by atoms with Gasteiger partial charge in [0, 0.05) is 54.2 Å². The number of carbonyl (C=O) groups excluding carboxylic acids is 1. The lowest BCUT2D eigenvalue weighted by atomic mass is 9.81. The summed E-state index contributed by atoms with van der Waals surface area (Å²) in [4.78, 5) is 29.2. The highest BCUT2D eigenvalue weighted by Gasteiger charge is 2.41. The lowest BCUT2D eigenvalue weighted by molar-refractivity contribution is 0.0259. The van der Waals surface area contributed by atoms with Crippen molar-refractivity contribution in [3.63, 3.8) is 0 Å². The van der Waals surface area contributed by atoms with Crippen LogP contribution in [0.25, 0.3) is 10.9 Å². The summed E-state index contributed by atoms with van der Waals surface area (Å²) in [5.41, 5.74) is 8.29. The molecule has 3 unspecified atom stereocenters. The summed E-state index contributed by atoms with van der Waals surface area (Å²) in [5, 5.41) is 17.4. The smallest absolute Gasteiger partial charge is 0.255 e. The summed E-state index contributed by atoms with van der Waals surface area (Å²) in [7, 11) is 0. The van der Waals surface area contributed by atoms with Crippen LogP contribution in [0.1, 0.15) is 61.4 Å². The topological polar surface area (TPSA) is 131 Å². The van der Waals surface area contributed by atoms with Gasteiger partial charge in [-0.25, -0.2) is 10.4 Å². The number of aromatic nitrogens is 3. The Balaban J connectivity index is 1.22. The van der Waals surface area contributed by atoms with Crippen molar-refractivity contribution in [1.82, 2.24) is 30.7 Å². The molecule has 0 radical (unpaired) electrons. The van der Waals surface area contributed by atoms with Gasteiger partial charge in [0.25, 0.3) is 5.91 Å². The number of amides is 1. The van der Waals surface area contributed by atoms with Crippen LogP contribution >= 0.6 is 0 Å². The number of nitrogens with zero attached hydrogens (tertiary/aromatic N) is 5. The Morgan fingerprint density at radius 2 is 1.97 bits per heavy atom. The number of hydrazine groups is 1. The third-order valence-electron chi connectivity index (χ3n) is 7.68. The molecule has 190 valence electrons. The number of nitrogens with one attached hydrogen (secondary N) is 4. The first-order valence-electron chi connectivity index (χ1n) is 13.0. The molecule has 1 amide bonds. The fraction of sp³-hybridized carbons (Fsp3) is 0.444. The molecular formula is C27H31N9O. The number of nitriles is 1. The van der Waals surface area contributed by atoms with Gasteiger partial charge in [-0.1, -0.05) is 0 Å². The predicted molar refractivity (Wildman–Crippen MR) is 140 cm³/mol. The highest BCUT2D eigenvalue weighted by atomic mass is 16.2. The van der Waals surface area contributed by atoms with Gasteiger partial charge in [-0.15, -0.1) is 0 Å². The molecule has 3 fully saturated rings. The van der Waals surface area contributed by atoms with E-state index in [1.54, 1.807) is 18.5 Å². The van der Waals surface area contributed by atoms with E-state index in [-0.39, 0.29) is 30.2 Å². The zero-order valence-electron chi connectivity index (χ0n) is 20.8. The Hall–Kier alpha value is -3.81. The van der Waals surface area contributed by atoms with Crippen molar-refractivity contribution in [2.45, 2.75) is 75.8 Å². The van der Waals surface area contributed by atoms with Gasteiger partial charge in [0.05, 0.1) is 22.8 Å². The molecule has 0 spiro atoms. The second-order valence-electron chi connectivity index (χ2n) is 10.4. The molecule has 2 bridgehead atoms. The van der Waals surface area contributed by atoms with E-state index in [0.29, 0.717) is 17.2 Å². The number of carbonyl (C=O) groups is 1. The van der Waals surface area contributed by atoms with Crippen molar-refractivity contribution in [2.24, 2.45) is 0 Å². The van der Waals surface area contributed by atoms with Crippen molar-refractivity contribution in [3.05, 3.63) is 54.0 Å². The first kappa shape index (κ1) is 23.6. The predicted octanol–water partition coefficient (Wildman–Crippen LogP) is 3.16. The largest absolute Gasteiger partial charge is 0.367 e. The van der Waals surface area contributed by atoms with E-state index < -0.39 is 0 Å². The normalized spacial score (nSPS) is 27.0. The first-order valence-corrected chi connectivity index (χ1v) is 13.0. The van der Waals surface area contributed by atoms with Crippen LogP contribution in [0.15, 0.2) is 42.9 Å². The molecule has 3 aliphatic rings. The van der Waals surface area contributed by atoms with E-state index in [1.807, 2.05) is 23.1 Å². The van der Waals surface area contributed by atoms with Crippen LogP contribution in [0.5, 0.6) is 0 Å². The van der Waals surface area contributed by atoms with Crippen LogP contribution in [0.2, 0.25) is 0 Å². The van der Waals surface area contributed by atoms with Gasteiger partial charge in [-0.2, -0.15) is 5.26 Å². The van der Waals surface area contributed by atoms with Crippen LogP contribution in [0, 0.1) is 11.3 Å². The summed E-state index contributed by atoms with van der Waals surface area (Å²) in [6.45, 7) is 2.14. The summed E-state index contributed by atoms with van der Waals surface area (Å²) in [6, 6.07) is 10.6. The molecule has 10 heteroatoms. The van der Waals surface area contributed by atoms with Crippen LogP contribution in [-0.4, -0.2) is 56.1 Å². The van der Waals surface area contributed by atoms with Crippen molar-refractivity contribution >= 4 is 28.4 Å². The second kappa shape index (κ2) is 9.92. The zero-order valence-corrected chi connectivity index (χ0v) is 20.8. The molecule has 3 aliphatic heterocycles. The average molecular weight is 498 g/mol. The van der Waals surface area contributed by atoms with E-state index in [9.17, 15) is 10.1 Å². The maximum Gasteiger partial charge on any atom is 0.255 e. The van der Waals surface area contributed by atoms with Gasteiger partial charge in [0.2, 0.25) is 0 Å². The third kappa shape index (κ3) is 4.80. The number of rotatable bonds is 5. The maximum atomic E-state index is 13.5. The van der Waals surface area contributed by atoms with Crippen LogP contribution in [0.4, 0.5) is 11.6 Å². The fourth-order valence-electron chi connectivity index (χ4n) is 6.04. The molecular weight excluding hydrogens is 466 g/mol. The number of piperidine rings is 2. The van der Waals surface area contributed by atoms with E-state index in [2.05, 4.69) is 44.4 Å². The zero-order chi connectivity index (χ0) is 25.4. The molecule has 6 heterocycles. The summed E-state index contributed by atoms with van der Waals surface area (Å²) >= 11 is 0. The molecule has 3 saturated heterocycles. The van der Waals surface area contributed by atoms with Gasteiger partial charge in [0.15, 0.2) is 0 Å². The molecule has 3 aromatic rings. The van der Waals surface area contributed by atoms with E-state index in [1.165, 1.54) is 6.20 Å². The van der Waals surface area contributed by atoms with Crippen molar-refractivity contribution < 1.29 is 4.79 Å². The van der Waals surface area contributed by atoms with E-state index in [0.717, 1.165) is 61.1 Å². The minimum atomic E-state index is -0.0244. The highest BCUT2D eigenvalue weighted by Crippen LogP contribution is 2.37.